The molecule has 0 bridgehead atoms. The third-order valence-electron chi connectivity index (χ3n) is 4.39. The number of fused-ring (bicyclic) bond motifs is 2. The van der Waals surface area contributed by atoms with Crippen molar-refractivity contribution in [2.45, 2.75) is 18.8 Å². The van der Waals surface area contributed by atoms with E-state index in [1.165, 1.54) is 18.2 Å². The molecular weight excluding hydrogens is 384 g/mol. The summed E-state index contributed by atoms with van der Waals surface area (Å²) in [4.78, 5) is 37.4. The lowest BCUT2D eigenvalue weighted by Crippen LogP contribution is -2.25. The number of hydrogen-bond donors (Lipinski definition) is 3. The summed E-state index contributed by atoms with van der Waals surface area (Å²) < 4.78 is 15.4. The number of carbonyl (C=O) groups is 3. The van der Waals surface area contributed by atoms with Gasteiger partial charge in [0.15, 0.2) is 23.6 Å². The Hall–Kier alpha value is -2.69. The first-order valence-electron chi connectivity index (χ1n) is 8.94. The second-order valence-corrected chi connectivity index (χ2v) is 6.37. The van der Waals surface area contributed by atoms with Crippen molar-refractivity contribution in [2.24, 2.45) is 0 Å². The smallest absolute Gasteiger partial charge is 0.229 e. The van der Waals surface area contributed by atoms with Crippen molar-refractivity contribution in [1.29, 1.82) is 0 Å². The molecule has 0 radical (unpaired) electrons. The van der Waals surface area contributed by atoms with Crippen molar-refractivity contribution in [3.63, 3.8) is 0 Å². The minimum Gasteiger partial charge on any atom is -0.449 e. The summed E-state index contributed by atoms with van der Waals surface area (Å²) in [5.74, 6) is -1.94. The molecule has 0 aliphatic heterocycles. The Morgan fingerprint density at radius 1 is 0.966 bits per heavy atom. The van der Waals surface area contributed by atoms with E-state index in [0.29, 0.717) is 0 Å². The normalized spacial score (nSPS) is 14.1. The molecule has 1 aliphatic rings. The van der Waals surface area contributed by atoms with E-state index in [9.17, 15) is 19.5 Å². The van der Waals surface area contributed by atoms with Crippen molar-refractivity contribution in [2.75, 3.05) is 26.4 Å². The van der Waals surface area contributed by atoms with Crippen LogP contribution in [0.15, 0.2) is 34.7 Å². The second-order valence-electron chi connectivity index (χ2n) is 6.37. The molecule has 2 aromatic rings. The van der Waals surface area contributed by atoms with E-state index >= 15 is 0 Å². The van der Waals surface area contributed by atoms with Crippen molar-refractivity contribution < 1.29 is 43.6 Å². The SMILES string of the molecule is O=C(CC(O)OCCOC(CO)CO)c1cc2c(o1)C(=O)c1ccccc1C2=O. The Balaban J connectivity index is 1.60. The molecule has 1 unspecified atom stereocenters. The minimum absolute atomic E-state index is 0.00660. The molecule has 0 fully saturated rings. The lowest BCUT2D eigenvalue weighted by atomic mass is 9.88. The van der Waals surface area contributed by atoms with E-state index in [1.54, 1.807) is 12.1 Å². The summed E-state index contributed by atoms with van der Waals surface area (Å²) in [5.41, 5.74) is 0.475. The van der Waals surface area contributed by atoms with Gasteiger partial charge in [-0.3, -0.25) is 14.4 Å². The molecule has 0 saturated heterocycles. The van der Waals surface area contributed by atoms with Crippen LogP contribution in [0.5, 0.6) is 0 Å². The van der Waals surface area contributed by atoms with Gasteiger partial charge in [0, 0.05) is 11.1 Å². The highest BCUT2D eigenvalue weighted by molar-refractivity contribution is 6.27. The van der Waals surface area contributed by atoms with E-state index in [2.05, 4.69) is 0 Å². The maximum absolute atomic E-state index is 12.5. The molecule has 1 heterocycles. The molecule has 9 nitrogen and oxygen atoms in total. The van der Waals surface area contributed by atoms with Crippen LogP contribution in [-0.2, 0) is 9.47 Å². The van der Waals surface area contributed by atoms with E-state index in [0.717, 1.165) is 0 Å². The van der Waals surface area contributed by atoms with Gasteiger partial charge in [-0.1, -0.05) is 24.3 Å². The van der Waals surface area contributed by atoms with Gasteiger partial charge in [0.05, 0.1) is 38.4 Å². The van der Waals surface area contributed by atoms with Crippen molar-refractivity contribution in [1.82, 2.24) is 0 Å². The van der Waals surface area contributed by atoms with Crippen LogP contribution in [-0.4, -0.2) is 71.5 Å². The van der Waals surface area contributed by atoms with Gasteiger partial charge < -0.3 is 29.2 Å². The van der Waals surface area contributed by atoms with Crippen molar-refractivity contribution in [3.05, 3.63) is 58.5 Å². The first-order chi connectivity index (χ1) is 14.0. The predicted molar refractivity (Wildman–Crippen MR) is 96.8 cm³/mol. The van der Waals surface area contributed by atoms with Gasteiger partial charge in [-0.2, -0.15) is 0 Å². The zero-order valence-corrected chi connectivity index (χ0v) is 15.4. The van der Waals surface area contributed by atoms with Crippen LogP contribution in [0.3, 0.4) is 0 Å². The van der Waals surface area contributed by atoms with Crippen LogP contribution in [0.25, 0.3) is 0 Å². The summed E-state index contributed by atoms with van der Waals surface area (Å²) >= 11 is 0. The Kier molecular flexibility index (Phi) is 6.68. The Morgan fingerprint density at radius 2 is 1.59 bits per heavy atom. The van der Waals surface area contributed by atoms with Gasteiger partial charge in [0.2, 0.25) is 11.6 Å². The van der Waals surface area contributed by atoms with Crippen LogP contribution >= 0.6 is 0 Å². The lowest BCUT2D eigenvalue weighted by molar-refractivity contribution is -0.121. The molecule has 154 valence electrons. The minimum atomic E-state index is -1.46. The number of ketones is 3. The number of ether oxygens (including phenoxy) is 2. The number of carbonyl (C=O) groups excluding carboxylic acids is 3. The number of hydrogen-bond acceptors (Lipinski definition) is 9. The van der Waals surface area contributed by atoms with Gasteiger partial charge in [-0.05, 0) is 6.07 Å². The molecule has 9 heteroatoms. The van der Waals surface area contributed by atoms with E-state index in [4.69, 9.17) is 24.1 Å². The average molecular weight is 404 g/mol. The molecule has 3 rings (SSSR count). The first kappa shape index (κ1) is 21.0. The topological polar surface area (TPSA) is 144 Å². The van der Waals surface area contributed by atoms with Gasteiger partial charge in [-0.15, -0.1) is 0 Å². The van der Waals surface area contributed by atoms with Crippen LogP contribution < -0.4 is 0 Å². The van der Waals surface area contributed by atoms with Gasteiger partial charge in [0.1, 0.15) is 6.10 Å². The molecule has 3 N–H and O–H groups in total. The Bertz CT molecular complexity index is 858. The molecule has 0 amide bonds. The van der Waals surface area contributed by atoms with Crippen molar-refractivity contribution in [3.8, 4) is 0 Å². The zero-order chi connectivity index (χ0) is 21.0. The highest BCUT2D eigenvalue weighted by Gasteiger charge is 2.34. The van der Waals surface area contributed by atoms with Crippen LogP contribution in [0, 0.1) is 0 Å². The number of aliphatic hydroxyl groups is 3. The average Bonchev–Trinajstić information content (AvgIpc) is 3.18. The number of aliphatic hydroxyl groups excluding tert-OH is 3. The first-order valence-corrected chi connectivity index (χ1v) is 8.94. The molecule has 1 aliphatic carbocycles. The largest absolute Gasteiger partial charge is 0.449 e. The number of rotatable bonds is 10. The number of Topliss-reactive ketones (excluding diaryl/α,β-unsaturated/α-hetero) is 1. The quantitative estimate of drug-likeness (QED) is 0.247. The summed E-state index contributed by atoms with van der Waals surface area (Å²) in [5, 5.41) is 27.6. The third kappa shape index (κ3) is 4.50. The summed E-state index contributed by atoms with van der Waals surface area (Å²) in [6, 6.07) is 7.52. The summed E-state index contributed by atoms with van der Waals surface area (Å²) in [6.45, 7) is -0.802. The van der Waals surface area contributed by atoms with Gasteiger partial charge >= 0.3 is 0 Å². The second kappa shape index (κ2) is 9.21. The molecule has 1 aromatic heterocycles. The highest BCUT2D eigenvalue weighted by atomic mass is 16.6. The maximum Gasteiger partial charge on any atom is 0.229 e. The number of benzene rings is 1. The van der Waals surface area contributed by atoms with Crippen LogP contribution in [0.2, 0.25) is 0 Å². The fourth-order valence-electron chi connectivity index (χ4n) is 2.89. The maximum atomic E-state index is 12.5. The van der Waals surface area contributed by atoms with E-state index in [-0.39, 0.29) is 54.6 Å². The fraction of sp³-hybridized carbons (Fsp3) is 0.350. The standard InChI is InChI=1S/C20H20O9/c21-9-11(10-22)27-5-6-28-17(24)8-15(23)16-7-14-18(25)12-3-1-2-4-13(12)19(26)20(14)29-16/h1-4,7,11,17,21-22,24H,5-6,8-10H2. The van der Waals surface area contributed by atoms with Gasteiger partial charge in [0.25, 0.3) is 0 Å². The fourth-order valence-corrected chi connectivity index (χ4v) is 2.89. The molecular formula is C20H20O9. The zero-order valence-electron chi connectivity index (χ0n) is 15.4. The Morgan fingerprint density at radius 3 is 2.24 bits per heavy atom. The number of furan rings is 1. The van der Waals surface area contributed by atoms with Crippen molar-refractivity contribution >= 4 is 17.3 Å². The summed E-state index contributed by atoms with van der Waals surface area (Å²) in [6.07, 6.45) is -2.66. The van der Waals surface area contributed by atoms with Gasteiger partial charge in [-0.25, -0.2) is 0 Å². The monoisotopic (exact) mass is 404 g/mol. The molecule has 0 saturated carbocycles. The molecule has 29 heavy (non-hydrogen) atoms. The van der Waals surface area contributed by atoms with Crippen LogP contribution in [0.4, 0.5) is 0 Å². The Labute approximate surface area is 165 Å². The third-order valence-corrected chi connectivity index (χ3v) is 4.39. The predicted octanol–water partition coefficient (Wildman–Crippen LogP) is 0.333. The molecule has 1 aromatic carbocycles. The summed E-state index contributed by atoms with van der Waals surface area (Å²) in [7, 11) is 0. The van der Waals surface area contributed by atoms with Crippen LogP contribution in [0.1, 0.15) is 49.0 Å². The molecule has 1 atom stereocenters. The molecule has 0 spiro atoms. The van der Waals surface area contributed by atoms with E-state index < -0.39 is 36.2 Å². The van der Waals surface area contributed by atoms with E-state index in [1.807, 2.05) is 0 Å². The highest BCUT2D eigenvalue weighted by Crippen LogP contribution is 2.30. The lowest BCUT2D eigenvalue weighted by Gasteiger charge is -2.14.